The number of ketones is 1. The lowest BCUT2D eigenvalue weighted by Crippen LogP contribution is -2.28. The second-order valence-corrected chi connectivity index (χ2v) is 6.60. The van der Waals surface area contributed by atoms with E-state index in [1.54, 1.807) is 36.4 Å². The van der Waals surface area contributed by atoms with E-state index < -0.39 is 0 Å². The van der Waals surface area contributed by atoms with Gasteiger partial charge in [-0.25, -0.2) is 0 Å². The number of nitrogens with zero attached hydrogens (tertiary/aromatic N) is 2. The summed E-state index contributed by atoms with van der Waals surface area (Å²) < 4.78 is 11.1. The maximum atomic E-state index is 12.1. The van der Waals surface area contributed by atoms with Crippen molar-refractivity contribution in [3.8, 4) is 17.2 Å². The molecule has 0 atom stereocenters. The summed E-state index contributed by atoms with van der Waals surface area (Å²) in [6.45, 7) is 2.17. The van der Waals surface area contributed by atoms with Gasteiger partial charge < -0.3 is 14.5 Å². The fourth-order valence-electron chi connectivity index (χ4n) is 2.39. The summed E-state index contributed by atoms with van der Waals surface area (Å²) in [7, 11) is 0. The van der Waals surface area contributed by atoms with Crippen molar-refractivity contribution in [2.45, 2.75) is 12.1 Å². The van der Waals surface area contributed by atoms with E-state index >= 15 is 0 Å². The van der Waals surface area contributed by atoms with Gasteiger partial charge >= 0.3 is 0 Å². The van der Waals surface area contributed by atoms with Crippen molar-refractivity contribution in [2.75, 3.05) is 19.4 Å². The Kier molecular flexibility index (Phi) is 6.44. The molecule has 3 aromatic rings. The molecule has 1 aromatic heterocycles. The van der Waals surface area contributed by atoms with Gasteiger partial charge in [-0.1, -0.05) is 23.9 Å². The van der Waals surface area contributed by atoms with Gasteiger partial charge in [0.1, 0.15) is 12.4 Å². The highest BCUT2D eigenvalue weighted by Crippen LogP contribution is 2.23. The van der Waals surface area contributed by atoms with E-state index in [9.17, 15) is 9.59 Å². The van der Waals surface area contributed by atoms with E-state index in [0.29, 0.717) is 41.1 Å². The molecule has 1 heterocycles. The average molecular weight is 397 g/mol. The minimum atomic E-state index is -0.213. The molecule has 0 radical (unpaired) electrons. The summed E-state index contributed by atoms with van der Waals surface area (Å²) in [5.74, 6) is 0.887. The van der Waals surface area contributed by atoms with Crippen LogP contribution in [0.4, 0.5) is 0 Å². The van der Waals surface area contributed by atoms with Crippen LogP contribution in [0, 0.1) is 0 Å². The van der Waals surface area contributed by atoms with Gasteiger partial charge in [-0.3, -0.25) is 9.59 Å². The highest BCUT2D eigenvalue weighted by atomic mass is 32.2. The Labute approximate surface area is 166 Å². The van der Waals surface area contributed by atoms with E-state index in [4.69, 9.17) is 9.15 Å². The summed E-state index contributed by atoms with van der Waals surface area (Å²) in [6, 6.07) is 13.8. The lowest BCUT2D eigenvalue weighted by Gasteiger charge is -2.08. The number of Topliss-reactive ketones (excluding diaryl/α,β-unsaturated/α-hetero) is 1. The van der Waals surface area contributed by atoms with Crippen molar-refractivity contribution in [3.63, 3.8) is 0 Å². The van der Waals surface area contributed by atoms with Gasteiger partial charge in [-0.05, 0) is 49.6 Å². The van der Waals surface area contributed by atoms with Crippen LogP contribution in [0.1, 0.15) is 27.6 Å². The Bertz CT molecular complexity index is 952. The van der Waals surface area contributed by atoms with Crippen LogP contribution < -0.4 is 10.1 Å². The Morgan fingerprint density at radius 1 is 1.04 bits per heavy atom. The standard InChI is InChI=1S/C20H19N3O4S/c1-13(24)14-3-5-15(6-4-14)18(25)21-11-12-26-17-9-7-16(8-10-17)19-22-23-20(27-19)28-2/h3-10H,11-12H2,1-2H3,(H,21,25). The number of carbonyl (C=O) groups excluding carboxylic acids is 2. The molecule has 1 N–H and O–H groups in total. The normalized spacial score (nSPS) is 10.5. The number of benzene rings is 2. The molecule has 0 saturated heterocycles. The van der Waals surface area contributed by atoms with Gasteiger partial charge in [0.05, 0.1) is 6.54 Å². The predicted octanol–water partition coefficient (Wildman–Crippen LogP) is 3.47. The van der Waals surface area contributed by atoms with E-state index in [2.05, 4.69) is 15.5 Å². The van der Waals surface area contributed by atoms with Crippen LogP contribution in [-0.2, 0) is 0 Å². The Hall–Kier alpha value is -3.13. The number of aromatic nitrogens is 2. The van der Waals surface area contributed by atoms with Gasteiger partial charge in [0, 0.05) is 16.7 Å². The van der Waals surface area contributed by atoms with Gasteiger partial charge in [0.15, 0.2) is 5.78 Å². The topological polar surface area (TPSA) is 94.3 Å². The molecule has 28 heavy (non-hydrogen) atoms. The van der Waals surface area contributed by atoms with E-state index in [0.717, 1.165) is 5.56 Å². The number of hydrogen-bond donors (Lipinski definition) is 1. The van der Waals surface area contributed by atoms with Crippen LogP contribution in [0.5, 0.6) is 5.75 Å². The average Bonchev–Trinajstić information content (AvgIpc) is 3.21. The first-order chi connectivity index (χ1) is 13.6. The third-order valence-corrected chi connectivity index (χ3v) is 4.41. The summed E-state index contributed by atoms with van der Waals surface area (Å²) in [4.78, 5) is 23.3. The second-order valence-electron chi connectivity index (χ2n) is 5.84. The minimum absolute atomic E-state index is 0.0323. The largest absolute Gasteiger partial charge is 0.492 e. The lowest BCUT2D eigenvalue weighted by molar-refractivity contribution is 0.0945. The van der Waals surface area contributed by atoms with E-state index in [-0.39, 0.29) is 11.7 Å². The van der Waals surface area contributed by atoms with Crippen molar-refractivity contribution < 1.29 is 18.7 Å². The molecule has 0 saturated carbocycles. The van der Waals surface area contributed by atoms with Gasteiger partial charge in [-0.15, -0.1) is 10.2 Å². The molecule has 0 unspecified atom stereocenters. The molecular weight excluding hydrogens is 378 g/mol. The van der Waals surface area contributed by atoms with Crippen molar-refractivity contribution in [2.24, 2.45) is 0 Å². The molecule has 0 spiro atoms. The lowest BCUT2D eigenvalue weighted by atomic mass is 10.1. The second kappa shape index (κ2) is 9.18. The quantitative estimate of drug-likeness (QED) is 0.353. The zero-order valence-electron chi connectivity index (χ0n) is 15.5. The number of rotatable bonds is 8. The Morgan fingerprint density at radius 2 is 1.71 bits per heavy atom. The minimum Gasteiger partial charge on any atom is -0.492 e. The highest BCUT2D eigenvalue weighted by molar-refractivity contribution is 7.98. The molecule has 3 rings (SSSR count). The Balaban J connectivity index is 1.45. The molecule has 2 aromatic carbocycles. The monoisotopic (exact) mass is 397 g/mol. The first kappa shape index (κ1) is 19.6. The molecule has 144 valence electrons. The van der Waals surface area contributed by atoms with Crippen LogP contribution in [0.15, 0.2) is 58.2 Å². The Morgan fingerprint density at radius 3 is 2.32 bits per heavy atom. The van der Waals surface area contributed by atoms with Crippen molar-refractivity contribution >= 4 is 23.5 Å². The molecule has 7 nitrogen and oxygen atoms in total. The van der Waals surface area contributed by atoms with Gasteiger partial charge in [0.2, 0.25) is 5.89 Å². The predicted molar refractivity (Wildman–Crippen MR) is 106 cm³/mol. The summed E-state index contributed by atoms with van der Waals surface area (Å²) in [5, 5.41) is 11.2. The first-order valence-electron chi connectivity index (χ1n) is 8.57. The molecule has 8 heteroatoms. The smallest absolute Gasteiger partial charge is 0.276 e. The molecule has 0 fully saturated rings. The van der Waals surface area contributed by atoms with Crippen molar-refractivity contribution in [1.82, 2.24) is 15.5 Å². The van der Waals surface area contributed by atoms with Crippen LogP contribution in [0.25, 0.3) is 11.5 Å². The third-order valence-electron chi connectivity index (χ3n) is 3.89. The fraction of sp³-hybridized carbons (Fsp3) is 0.200. The van der Waals surface area contributed by atoms with Crippen LogP contribution >= 0.6 is 11.8 Å². The van der Waals surface area contributed by atoms with Crippen LogP contribution in [0.2, 0.25) is 0 Å². The molecule has 0 aliphatic carbocycles. The third kappa shape index (κ3) is 4.98. The first-order valence-corrected chi connectivity index (χ1v) is 9.79. The number of nitrogens with one attached hydrogen (secondary N) is 1. The maximum absolute atomic E-state index is 12.1. The summed E-state index contributed by atoms with van der Waals surface area (Å²) >= 11 is 1.39. The summed E-state index contributed by atoms with van der Waals surface area (Å²) in [5.41, 5.74) is 1.88. The maximum Gasteiger partial charge on any atom is 0.276 e. The number of hydrogen-bond acceptors (Lipinski definition) is 7. The zero-order chi connectivity index (χ0) is 19.9. The van der Waals surface area contributed by atoms with Crippen LogP contribution in [0.3, 0.4) is 0 Å². The SMILES string of the molecule is CSc1nnc(-c2ccc(OCCNC(=O)c3ccc(C(C)=O)cc3)cc2)o1. The molecule has 1 amide bonds. The molecular formula is C20H19N3O4S. The van der Waals surface area contributed by atoms with E-state index in [1.807, 2.05) is 18.4 Å². The molecule has 0 aliphatic rings. The highest BCUT2D eigenvalue weighted by Gasteiger charge is 2.08. The number of amides is 1. The van der Waals surface area contributed by atoms with Gasteiger partial charge in [0.25, 0.3) is 11.1 Å². The number of thioether (sulfide) groups is 1. The summed E-state index contributed by atoms with van der Waals surface area (Å²) in [6.07, 6.45) is 1.87. The van der Waals surface area contributed by atoms with Crippen molar-refractivity contribution in [1.29, 1.82) is 0 Å². The fourth-order valence-corrected chi connectivity index (χ4v) is 2.68. The zero-order valence-corrected chi connectivity index (χ0v) is 16.3. The number of ether oxygens (including phenoxy) is 1. The van der Waals surface area contributed by atoms with Gasteiger partial charge in [-0.2, -0.15) is 0 Å². The molecule has 0 aliphatic heterocycles. The number of carbonyl (C=O) groups is 2. The molecule has 0 bridgehead atoms. The van der Waals surface area contributed by atoms with Crippen molar-refractivity contribution in [3.05, 3.63) is 59.7 Å². The van der Waals surface area contributed by atoms with E-state index in [1.165, 1.54) is 18.7 Å². The van der Waals surface area contributed by atoms with Crippen LogP contribution in [-0.4, -0.2) is 41.3 Å².